The van der Waals surface area contributed by atoms with Gasteiger partial charge in [0, 0.05) is 38.3 Å². The molecule has 2 aliphatic rings. The van der Waals surface area contributed by atoms with Crippen LogP contribution in [-0.2, 0) is 11.2 Å². The summed E-state index contributed by atoms with van der Waals surface area (Å²) in [4.78, 5) is 19.5. The molecule has 4 rings (SSSR count). The molecule has 2 aromatic rings. The Labute approximate surface area is 202 Å². The summed E-state index contributed by atoms with van der Waals surface area (Å²) in [6.07, 6.45) is 2.70. The molecule has 6 nitrogen and oxygen atoms in total. The number of piperidine rings is 1. The number of methoxy groups -OCH3 is 1. The normalized spacial score (nSPS) is 18.5. The fourth-order valence-electron chi connectivity index (χ4n) is 5.09. The molecular weight excluding hydrogens is 433 g/mol. The van der Waals surface area contributed by atoms with Crippen LogP contribution in [0.1, 0.15) is 29.9 Å². The molecule has 2 fully saturated rings. The fourth-order valence-corrected chi connectivity index (χ4v) is 5.09. The van der Waals surface area contributed by atoms with Crippen LogP contribution in [0.4, 0.5) is 9.18 Å². The number of likely N-dealkylation sites (tertiary alicyclic amines) is 1. The Morgan fingerprint density at radius 1 is 1.12 bits per heavy atom. The Morgan fingerprint density at radius 2 is 1.82 bits per heavy atom. The van der Waals surface area contributed by atoms with Crippen LogP contribution in [0.5, 0.6) is 5.75 Å². The molecule has 1 atom stereocenters. The van der Waals surface area contributed by atoms with Crippen molar-refractivity contribution in [2.24, 2.45) is 0 Å². The maximum absolute atomic E-state index is 13.9. The Morgan fingerprint density at radius 3 is 2.50 bits per heavy atom. The summed E-state index contributed by atoms with van der Waals surface area (Å²) in [6.45, 7) is 5.11. The molecule has 34 heavy (non-hydrogen) atoms. The summed E-state index contributed by atoms with van der Waals surface area (Å²) < 4.78 is 24.8. The predicted molar refractivity (Wildman–Crippen MR) is 131 cm³/mol. The molecule has 2 aliphatic heterocycles. The highest BCUT2D eigenvalue weighted by Gasteiger charge is 2.30. The number of hydrogen-bond acceptors (Lipinski definition) is 4. The summed E-state index contributed by atoms with van der Waals surface area (Å²) >= 11 is 0. The van der Waals surface area contributed by atoms with Crippen LogP contribution >= 0.6 is 0 Å². The average Bonchev–Trinajstić information content (AvgIpc) is 2.89. The van der Waals surface area contributed by atoms with Crippen molar-refractivity contribution >= 4 is 6.03 Å². The summed E-state index contributed by atoms with van der Waals surface area (Å²) in [5, 5.41) is 0. The Bertz CT molecular complexity index is 928. The van der Waals surface area contributed by atoms with Crippen molar-refractivity contribution in [2.45, 2.75) is 31.2 Å². The van der Waals surface area contributed by atoms with Gasteiger partial charge in [-0.15, -0.1) is 0 Å². The third-order valence-electron chi connectivity index (χ3n) is 7.13. The van der Waals surface area contributed by atoms with Crippen LogP contribution in [0, 0.1) is 5.82 Å². The number of carbonyl (C=O) groups is 1. The van der Waals surface area contributed by atoms with Crippen molar-refractivity contribution in [1.29, 1.82) is 0 Å². The summed E-state index contributed by atoms with van der Waals surface area (Å²) in [5.74, 6) is 0.823. The van der Waals surface area contributed by atoms with Crippen LogP contribution in [-0.4, -0.2) is 86.9 Å². The van der Waals surface area contributed by atoms with E-state index >= 15 is 0 Å². The summed E-state index contributed by atoms with van der Waals surface area (Å²) in [7, 11) is 3.57. The van der Waals surface area contributed by atoms with Gasteiger partial charge in [-0.05, 0) is 62.0 Å². The quantitative estimate of drug-likeness (QED) is 0.615. The number of urea groups is 1. The number of likely N-dealkylation sites (N-methyl/N-ethyl adjacent to an activating group) is 1. The van der Waals surface area contributed by atoms with Crippen LogP contribution < -0.4 is 4.74 Å². The molecule has 7 heteroatoms. The molecule has 0 aromatic heterocycles. The molecule has 2 saturated heterocycles. The van der Waals surface area contributed by atoms with Gasteiger partial charge in [0.15, 0.2) is 0 Å². The van der Waals surface area contributed by atoms with Gasteiger partial charge in [0.2, 0.25) is 0 Å². The lowest BCUT2D eigenvalue weighted by Gasteiger charge is -2.39. The van der Waals surface area contributed by atoms with E-state index in [1.54, 1.807) is 19.2 Å². The number of benzene rings is 2. The zero-order valence-corrected chi connectivity index (χ0v) is 20.3. The molecule has 0 spiro atoms. The number of morpholine rings is 1. The van der Waals surface area contributed by atoms with Crippen molar-refractivity contribution < 1.29 is 18.7 Å². The third-order valence-corrected chi connectivity index (χ3v) is 7.13. The molecule has 0 bridgehead atoms. The first-order valence-electron chi connectivity index (χ1n) is 12.2. The van der Waals surface area contributed by atoms with Crippen molar-refractivity contribution in [3.05, 3.63) is 65.5 Å². The van der Waals surface area contributed by atoms with Gasteiger partial charge in [-0.3, -0.25) is 0 Å². The van der Waals surface area contributed by atoms with Gasteiger partial charge in [0.25, 0.3) is 0 Å². The van der Waals surface area contributed by atoms with E-state index in [1.165, 1.54) is 11.6 Å². The first kappa shape index (κ1) is 24.5. The van der Waals surface area contributed by atoms with Crippen molar-refractivity contribution in [1.82, 2.24) is 14.7 Å². The highest BCUT2D eigenvalue weighted by atomic mass is 19.1. The SMILES string of the molecule is COc1ccc(F)cc1C1CCN(C[C@@H](Cc2ccccc2)N(C)C(=O)N2CCOCC2)CC1. The van der Waals surface area contributed by atoms with Gasteiger partial charge in [-0.2, -0.15) is 0 Å². The molecule has 0 saturated carbocycles. The van der Waals surface area contributed by atoms with Crippen molar-refractivity contribution in [2.75, 3.05) is 60.1 Å². The topological polar surface area (TPSA) is 45.2 Å². The highest BCUT2D eigenvalue weighted by Crippen LogP contribution is 2.35. The second kappa shape index (κ2) is 11.7. The van der Waals surface area contributed by atoms with E-state index in [1.807, 2.05) is 35.0 Å². The van der Waals surface area contributed by atoms with E-state index in [2.05, 4.69) is 17.0 Å². The predicted octanol–water partition coefficient (Wildman–Crippen LogP) is 4.01. The molecule has 0 radical (unpaired) electrons. The maximum atomic E-state index is 13.9. The smallest absolute Gasteiger partial charge is 0.320 e. The number of ether oxygens (including phenoxy) is 2. The van der Waals surface area contributed by atoms with Gasteiger partial charge >= 0.3 is 6.03 Å². The zero-order valence-electron chi connectivity index (χ0n) is 20.3. The van der Waals surface area contributed by atoms with Gasteiger partial charge in [-0.1, -0.05) is 30.3 Å². The van der Waals surface area contributed by atoms with E-state index in [-0.39, 0.29) is 23.8 Å². The minimum absolute atomic E-state index is 0.0676. The van der Waals surface area contributed by atoms with Gasteiger partial charge in [-0.25, -0.2) is 9.18 Å². The number of amides is 2. The lowest BCUT2D eigenvalue weighted by Crippen LogP contribution is -2.53. The fraction of sp³-hybridized carbons (Fsp3) is 0.519. The zero-order chi connectivity index (χ0) is 23.9. The summed E-state index contributed by atoms with van der Waals surface area (Å²) in [5.41, 5.74) is 2.19. The maximum Gasteiger partial charge on any atom is 0.320 e. The number of nitrogens with zero attached hydrogens (tertiary/aromatic N) is 3. The van der Waals surface area contributed by atoms with E-state index < -0.39 is 0 Å². The van der Waals surface area contributed by atoms with Crippen LogP contribution in [0.3, 0.4) is 0 Å². The first-order chi connectivity index (χ1) is 16.5. The standard InChI is InChI=1S/C27H36FN3O3/c1-29(27(32)31-14-16-34-17-15-31)24(18-21-6-4-3-5-7-21)20-30-12-10-22(11-13-30)25-19-23(28)8-9-26(25)33-2/h3-9,19,22,24H,10-18,20H2,1-2H3/t24-/m1/s1. The Balaban J connectivity index is 1.42. The second-order valence-corrected chi connectivity index (χ2v) is 9.30. The number of halogens is 1. The van der Waals surface area contributed by atoms with Gasteiger partial charge in [0.1, 0.15) is 11.6 Å². The Hall–Kier alpha value is -2.64. The van der Waals surface area contributed by atoms with Crippen molar-refractivity contribution in [3.8, 4) is 5.75 Å². The number of rotatable bonds is 7. The minimum Gasteiger partial charge on any atom is -0.496 e. The third kappa shape index (κ3) is 6.07. The monoisotopic (exact) mass is 469 g/mol. The van der Waals surface area contributed by atoms with Crippen LogP contribution in [0.2, 0.25) is 0 Å². The average molecular weight is 470 g/mol. The first-order valence-corrected chi connectivity index (χ1v) is 12.2. The largest absolute Gasteiger partial charge is 0.496 e. The minimum atomic E-state index is -0.218. The molecule has 2 aromatic carbocycles. The van der Waals surface area contributed by atoms with E-state index in [0.717, 1.165) is 50.2 Å². The lowest BCUT2D eigenvalue weighted by molar-refractivity contribution is 0.0395. The number of carbonyl (C=O) groups excluding carboxylic acids is 1. The second-order valence-electron chi connectivity index (χ2n) is 9.30. The molecule has 2 heterocycles. The molecule has 0 N–H and O–H groups in total. The van der Waals surface area contributed by atoms with Crippen molar-refractivity contribution in [3.63, 3.8) is 0 Å². The lowest BCUT2D eigenvalue weighted by atomic mass is 9.88. The highest BCUT2D eigenvalue weighted by molar-refractivity contribution is 5.74. The van der Waals surface area contributed by atoms with Gasteiger partial charge < -0.3 is 24.2 Å². The summed E-state index contributed by atoms with van der Waals surface area (Å²) in [6, 6.07) is 15.3. The van der Waals surface area contributed by atoms with E-state index in [9.17, 15) is 9.18 Å². The number of hydrogen-bond donors (Lipinski definition) is 0. The van der Waals surface area contributed by atoms with E-state index in [4.69, 9.17) is 9.47 Å². The molecule has 184 valence electrons. The van der Waals surface area contributed by atoms with Gasteiger partial charge in [0.05, 0.1) is 20.3 Å². The molecular formula is C27H36FN3O3. The van der Waals surface area contributed by atoms with Crippen LogP contribution in [0.15, 0.2) is 48.5 Å². The molecule has 2 amide bonds. The molecule has 0 aliphatic carbocycles. The molecule has 0 unspecified atom stereocenters. The van der Waals surface area contributed by atoms with Crippen LogP contribution in [0.25, 0.3) is 0 Å². The van der Waals surface area contributed by atoms with E-state index in [0.29, 0.717) is 26.3 Å². The Kier molecular flexibility index (Phi) is 8.40.